The summed E-state index contributed by atoms with van der Waals surface area (Å²) in [4.78, 5) is 0.242. The van der Waals surface area contributed by atoms with E-state index in [1.807, 2.05) is 44.2 Å². The molecule has 0 aliphatic rings. The van der Waals surface area contributed by atoms with Gasteiger partial charge in [0, 0.05) is 12.6 Å². The lowest BCUT2D eigenvalue weighted by Gasteiger charge is -2.24. The minimum Gasteiger partial charge on any atom is -0.396 e. The van der Waals surface area contributed by atoms with Gasteiger partial charge in [-0.25, -0.2) is 13.1 Å². The summed E-state index contributed by atoms with van der Waals surface area (Å²) in [7, 11) is -3.61. The van der Waals surface area contributed by atoms with E-state index in [-0.39, 0.29) is 23.5 Å². The van der Waals surface area contributed by atoms with E-state index >= 15 is 0 Å². The summed E-state index contributed by atoms with van der Waals surface area (Å²) < 4.78 is 27.9. The van der Waals surface area contributed by atoms with E-state index in [0.29, 0.717) is 6.42 Å². The number of hydrogen-bond acceptors (Lipinski definition) is 3. The molecule has 0 spiro atoms. The Morgan fingerprint density at radius 3 is 2.22 bits per heavy atom. The van der Waals surface area contributed by atoms with Crippen LogP contribution >= 0.6 is 0 Å². The maximum atomic E-state index is 12.6. The molecule has 0 saturated heterocycles. The van der Waals surface area contributed by atoms with Crippen LogP contribution in [-0.2, 0) is 16.4 Å². The largest absolute Gasteiger partial charge is 0.396 e. The van der Waals surface area contributed by atoms with Gasteiger partial charge in [0.2, 0.25) is 10.0 Å². The smallest absolute Gasteiger partial charge is 0.240 e. The monoisotopic (exact) mass is 333 g/mol. The molecular formula is C18H23NO3S. The van der Waals surface area contributed by atoms with Crippen LogP contribution in [-0.4, -0.2) is 26.2 Å². The highest BCUT2D eigenvalue weighted by atomic mass is 32.2. The summed E-state index contributed by atoms with van der Waals surface area (Å²) >= 11 is 0. The number of sulfonamides is 1. The summed E-state index contributed by atoms with van der Waals surface area (Å²) in [5.41, 5.74) is 2.04. The van der Waals surface area contributed by atoms with Crippen molar-refractivity contribution in [2.24, 2.45) is 5.92 Å². The van der Waals surface area contributed by atoms with Gasteiger partial charge in [-0.3, -0.25) is 0 Å². The average molecular weight is 333 g/mol. The topological polar surface area (TPSA) is 66.4 Å². The molecule has 0 radical (unpaired) electrons. The molecule has 5 heteroatoms. The number of aryl methyl sites for hydroxylation is 1. The fourth-order valence-corrected chi connectivity index (χ4v) is 3.68. The second-order valence-corrected chi connectivity index (χ2v) is 7.60. The van der Waals surface area contributed by atoms with Gasteiger partial charge in [0.25, 0.3) is 0 Å². The third kappa shape index (κ3) is 4.89. The molecule has 2 aromatic carbocycles. The zero-order chi connectivity index (χ0) is 16.9. The van der Waals surface area contributed by atoms with Crippen LogP contribution in [0.25, 0.3) is 0 Å². The van der Waals surface area contributed by atoms with E-state index in [1.54, 1.807) is 24.3 Å². The Labute approximate surface area is 138 Å². The maximum absolute atomic E-state index is 12.6. The van der Waals surface area contributed by atoms with Gasteiger partial charge >= 0.3 is 0 Å². The molecular weight excluding hydrogens is 310 g/mol. The van der Waals surface area contributed by atoms with E-state index < -0.39 is 10.0 Å². The lowest BCUT2D eigenvalue weighted by molar-refractivity contribution is 0.210. The van der Waals surface area contributed by atoms with Gasteiger partial charge < -0.3 is 5.11 Å². The van der Waals surface area contributed by atoms with E-state index in [2.05, 4.69) is 4.72 Å². The van der Waals surface area contributed by atoms with Gasteiger partial charge in [-0.2, -0.15) is 0 Å². The first kappa shape index (κ1) is 17.7. The van der Waals surface area contributed by atoms with Crippen LogP contribution in [0.5, 0.6) is 0 Å². The molecule has 0 heterocycles. The highest BCUT2D eigenvalue weighted by molar-refractivity contribution is 7.89. The van der Waals surface area contributed by atoms with Gasteiger partial charge in [-0.05, 0) is 37.0 Å². The highest BCUT2D eigenvalue weighted by Gasteiger charge is 2.24. The van der Waals surface area contributed by atoms with Crippen molar-refractivity contribution in [3.05, 3.63) is 65.7 Å². The fourth-order valence-electron chi connectivity index (χ4n) is 2.34. The zero-order valence-corrected chi connectivity index (χ0v) is 14.3. The summed E-state index contributed by atoms with van der Waals surface area (Å²) in [5, 5.41) is 9.45. The SMILES string of the molecule is Cc1ccc(S(=O)(=O)N[C@@H](Cc2ccccc2)[C@H](C)CO)cc1. The van der Waals surface area contributed by atoms with Crippen molar-refractivity contribution in [2.45, 2.75) is 31.2 Å². The average Bonchev–Trinajstić information content (AvgIpc) is 2.54. The molecule has 0 bridgehead atoms. The molecule has 124 valence electrons. The molecule has 4 nitrogen and oxygen atoms in total. The minimum atomic E-state index is -3.61. The first-order valence-corrected chi connectivity index (χ1v) is 9.14. The Morgan fingerprint density at radius 1 is 1.04 bits per heavy atom. The van der Waals surface area contributed by atoms with Crippen molar-refractivity contribution in [3.8, 4) is 0 Å². The second kappa shape index (κ2) is 7.73. The van der Waals surface area contributed by atoms with Gasteiger partial charge in [0.1, 0.15) is 0 Å². The first-order valence-electron chi connectivity index (χ1n) is 7.66. The Bertz CT molecular complexity index is 712. The first-order chi connectivity index (χ1) is 10.9. The highest BCUT2D eigenvalue weighted by Crippen LogP contribution is 2.16. The van der Waals surface area contributed by atoms with E-state index in [4.69, 9.17) is 0 Å². The third-order valence-corrected chi connectivity index (χ3v) is 5.42. The Kier molecular flexibility index (Phi) is 5.93. The predicted octanol–water partition coefficient (Wildman–Crippen LogP) is 2.51. The zero-order valence-electron chi connectivity index (χ0n) is 13.4. The molecule has 0 fully saturated rings. The normalized spacial score (nSPS) is 14.4. The summed E-state index contributed by atoms with van der Waals surface area (Å²) in [6, 6.07) is 16.1. The van der Waals surface area contributed by atoms with Crippen LogP contribution in [0, 0.1) is 12.8 Å². The standard InChI is InChI=1S/C18H23NO3S/c1-14-8-10-17(11-9-14)23(21,22)19-18(15(2)13-20)12-16-6-4-3-5-7-16/h3-11,15,18-20H,12-13H2,1-2H3/t15-,18+/m1/s1. The quantitative estimate of drug-likeness (QED) is 0.818. The molecule has 23 heavy (non-hydrogen) atoms. The van der Waals surface area contributed by atoms with Crippen LogP contribution in [0.3, 0.4) is 0 Å². The molecule has 2 N–H and O–H groups in total. The van der Waals surface area contributed by atoms with Crippen molar-refractivity contribution >= 4 is 10.0 Å². The minimum absolute atomic E-state index is 0.0755. The molecule has 0 amide bonds. The van der Waals surface area contributed by atoms with E-state index in [9.17, 15) is 13.5 Å². The summed E-state index contributed by atoms with van der Waals surface area (Å²) in [6.45, 7) is 3.68. The predicted molar refractivity (Wildman–Crippen MR) is 91.7 cm³/mol. The Morgan fingerprint density at radius 2 is 1.65 bits per heavy atom. The number of aliphatic hydroxyl groups is 1. The van der Waals surface area contributed by atoms with E-state index in [0.717, 1.165) is 11.1 Å². The number of aliphatic hydroxyl groups excluding tert-OH is 1. The van der Waals surface area contributed by atoms with Gasteiger partial charge in [0.05, 0.1) is 4.90 Å². The number of nitrogens with one attached hydrogen (secondary N) is 1. The van der Waals surface area contributed by atoms with Crippen LogP contribution in [0.15, 0.2) is 59.5 Å². The van der Waals surface area contributed by atoms with Gasteiger partial charge in [-0.15, -0.1) is 0 Å². The summed E-state index contributed by atoms with van der Waals surface area (Å²) in [5.74, 6) is -0.185. The Balaban J connectivity index is 2.21. The van der Waals surface area contributed by atoms with Crippen LogP contribution in [0.1, 0.15) is 18.1 Å². The number of rotatable bonds is 7. The molecule has 0 unspecified atom stereocenters. The van der Waals surface area contributed by atoms with Crippen LogP contribution < -0.4 is 4.72 Å². The van der Waals surface area contributed by atoms with Crippen LogP contribution in [0.2, 0.25) is 0 Å². The molecule has 0 aromatic heterocycles. The molecule has 0 aliphatic heterocycles. The van der Waals surface area contributed by atoms with Gasteiger partial charge in [0.15, 0.2) is 0 Å². The fraction of sp³-hybridized carbons (Fsp3) is 0.333. The summed E-state index contributed by atoms with van der Waals surface area (Å²) in [6.07, 6.45) is 0.535. The molecule has 0 aliphatic carbocycles. The molecule has 0 saturated carbocycles. The molecule has 2 rings (SSSR count). The Hall–Kier alpha value is -1.69. The number of benzene rings is 2. The van der Waals surface area contributed by atoms with Crippen molar-refractivity contribution < 1.29 is 13.5 Å². The molecule has 2 atom stereocenters. The lowest BCUT2D eigenvalue weighted by atomic mass is 9.96. The van der Waals surface area contributed by atoms with Crippen LogP contribution in [0.4, 0.5) is 0 Å². The van der Waals surface area contributed by atoms with E-state index in [1.165, 1.54) is 0 Å². The van der Waals surface area contributed by atoms with Crippen molar-refractivity contribution in [1.82, 2.24) is 4.72 Å². The number of hydrogen-bond donors (Lipinski definition) is 2. The van der Waals surface area contributed by atoms with Crippen molar-refractivity contribution in [3.63, 3.8) is 0 Å². The second-order valence-electron chi connectivity index (χ2n) is 5.89. The third-order valence-electron chi connectivity index (χ3n) is 3.91. The molecule has 2 aromatic rings. The maximum Gasteiger partial charge on any atom is 0.240 e. The van der Waals surface area contributed by atoms with Crippen molar-refractivity contribution in [2.75, 3.05) is 6.61 Å². The van der Waals surface area contributed by atoms with Crippen molar-refractivity contribution in [1.29, 1.82) is 0 Å². The lowest BCUT2D eigenvalue weighted by Crippen LogP contribution is -2.42. The van der Waals surface area contributed by atoms with Gasteiger partial charge in [-0.1, -0.05) is 55.0 Å².